The number of nitriles is 1. The van der Waals surface area contributed by atoms with Gasteiger partial charge in [-0.2, -0.15) is 5.26 Å². The molecule has 0 bridgehead atoms. The van der Waals surface area contributed by atoms with Crippen molar-refractivity contribution in [3.63, 3.8) is 0 Å². The number of hydrazine groups is 2. The molecule has 47 heavy (non-hydrogen) atoms. The lowest BCUT2D eigenvalue weighted by Crippen LogP contribution is -2.52. The van der Waals surface area contributed by atoms with Crippen molar-refractivity contribution in [2.75, 3.05) is 23.7 Å². The van der Waals surface area contributed by atoms with Crippen molar-refractivity contribution in [1.82, 2.24) is 25.9 Å². The average molecular weight is 674 g/mol. The van der Waals surface area contributed by atoms with Crippen LogP contribution in [0.4, 0.5) is 21.5 Å². The van der Waals surface area contributed by atoms with Gasteiger partial charge in [0.25, 0.3) is 0 Å². The summed E-state index contributed by atoms with van der Waals surface area (Å²) in [5, 5.41) is 19.8. The Morgan fingerprint density at radius 1 is 1.09 bits per heavy atom. The second-order valence-corrected chi connectivity index (χ2v) is 13.6. The fraction of sp³-hybridized carbons (Fsp3) is 0.286. The fourth-order valence-corrected chi connectivity index (χ4v) is 6.55. The van der Waals surface area contributed by atoms with Crippen LogP contribution in [0.5, 0.6) is 0 Å². The first kappa shape index (κ1) is 32.5. The van der Waals surface area contributed by atoms with Gasteiger partial charge in [0, 0.05) is 59.4 Å². The Morgan fingerprint density at radius 2 is 1.85 bits per heavy atom. The number of pyridine rings is 1. The van der Waals surface area contributed by atoms with Crippen LogP contribution in [0.25, 0.3) is 10.9 Å². The maximum absolute atomic E-state index is 13.9. The number of hydrogen-bond acceptors (Lipinski definition) is 9. The van der Waals surface area contributed by atoms with Crippen LogP contribution in [-0.4, -0.2) is 45.8 Å². The summed E-state index contributed by atoms with van der Waals surface area (Å²) in [4.78, 5) is 18.7. The van der Waals surface area contributed by atoms with E-state index in [0.717, 1.165) is 43.5 Å². The zero-order valence-corrected chi connectivity index (χ0v) is 27.8. The van der Waals surface area contributed by atoms with Crippen molar-refractivity contribution in [1.29, 1.82) is 5.26 Å². The summed E-state index contributed by atoms with van der Waals surface area (Å²) in [5.74, 6) is -0.547. The van der Waals surface area contributed by atoms with E-state index in [1.54, 1.807) is 18.2 Å². The first-order chi connectivity index (χ1) is 22.5. The number of rotatable bonds is 8. The number of likely N-dealkylation sites (tertiary alicyclic amines) is 1. The summed E-state index contributed by atoms with van der Waals surface area (Å²) in [6, 6.07) is 17.4. The molecule has 4 aromatic rings. The number of halogens is 3. The molecule has 0 unspecified atom stereocenters. The lowest BCUT2D eigenvalue weighted by atomic mass is 9.97. The number of piperidine rings is 1. The second-order valence-electron chi connectivity index (χ2n) is 12.7. The van der Waals surface area contributed by atoms with E-state index in [1.807, 2.05) is 24.3 Å². The summed E-state index contributed by atoms with van der Waals surface area (Å²) >= 11 is 12.8. The summed E-state index contributed by atoms with van der Waals surface area (Å²) in [5.41, 5.74) is 11.5. The third kappa shape index (κ3) is 6.99. The van der Waals surface area contributed by atoms with Crippen molar-refractivity contribution < 1.29 is 9.18 Å². The quantitative estimate of drug-likeness (QED) is 0.140. The van der Waals surface area contributed by atoms with Gasteiger partial charge in [-0.15, -0.1) is 5.53 Å². The molecule has 3 aromatic carbocycles. The topological polar surface area (TPSA) is 108 Å². The van der Waals surface area contributed by atoms with Crippen molar-refractivity contribution in [3.05, 3.63) is 105 Å². The molecule has 3 heterocycles. The van der Waals surface area contributed by atoms with Gasteiger partial charge in [-0.1, -0.05) is 41.4 Å². The lowest BCUT2D eigenvalue weighted by Gasteiger charge is -2.42. The molecule has 9 nitrogen and oxygen atoms in total. The van der Waals surface area contributed by atoms with E-state index in [-0.39, 0.29) is 16.1 Å². The van der Waals surface area contributed by atoms with Gasteiger partial charge in [0.05, 0.1) is 38.6 Å². The van der Waals surface area contributed by atoms with Crippen molar-refractivity contribution in [2.24, 2.45) is 0 Å². The number of nitrogens with one attached hydrogen (secondary N) is 4. The number of anilines is 3. The summed E-state index contributed by atoms with van der Waals surface area (Å²) in [6.07, 6.45) is 6.37. The predicted octanol–water partition coefficient (Wildman–Crippen LogP) is 7.69. The van der Waals surface area contributed by atoms with Crippen molar-refractivity contribution in [3.8, 4) is 6.07 Å². The molecule has 242 valence electrons. The molecule has 1 aromatic heterocycles. The number of carbonyl (C=O) groups is 1. The third-order valence-electron chi connectivity index (χ3n) is 8.65. The van der Waals surface area contributed by atoms with E-state index < -0.39 is 11.9 Å². The number of benzene rings is 3. The van der Waals surface area contributed by atoms with Gasteiger partial charge in [0.2, 0.25) is 0 Å². The first-order valence-corrected chi connectivity index (χ1v) is 16.1. The minimum atomic E-state index is -0.547. The molecule has 1 fully saturated rings. The average Bonchev–Trinajstić information content (AvgIpc) is 3.55. The predicted molar refractivity (Wildman–Crippen MR) is 185 cm³/mol. The Labute approximate surface area is 283 Å². The maximum atomic E-state index is 13.9. The summed E-state index contributed by atoms with van der Waals surface area (Å²) in [6.45, 7) is 8.76. The highest BCUT2D eigenvalue weighted by Gasteiger charge is 2.32. The van der Waals surface area contributed by atoms with E-state index in [2.05, 4.69) is 69.5 Å². The Hall–Kier alpha value is -4.40. The molecule has 2 aliphatic heterocycles. The molecule has 0 aliphatic carbocycles. The van der Waals surface area contributed by atoms with Crippen LogP contribution < -0.4 is 21.6 Å². The van der Waals surface area contributed by atoms with Gasteiger partial charge in [-0.25, -0.2) is 4.39 Å². The van der Waals surface area contributed by atoms with Gasteiger partial charge >= 0.3 is 0 Å². The monoisotopic (exact) mass is 672 g/mol. The van der Waals surface area contributed by atoms with Crippen LogP contribution in [0.2, 0.25) is 10.0 Å². The third-order valence-corrected chi connectivity index (χ3v) is 9.23. The van der Waals surface area contributed by atoms with Gasteiger partial charge in [0.1, 0.15) is 18.2 Å². The molecular formula is C35H35Cl2FN8O. The Balaban J connectivity index is 1.36. The number of carbonyl (C=O) groups excluding carboxylic acids is 1. The smallest absolute Gasteiger partial charge is 0.150 e. The van der Waals surface area contributed by atoms with E-state index in [4.69, 9.17) is 23.2 Å². The van der Waals surface area contributed by atoms with E-state index in [1.165, 1.54) is 18.3 Å². The standard InChI is InChI=1S/C35H35Cl2FN8O/c1-35(2,3)45-11-9-26(10-12-45)46-19-31(43-44-46)33(22-6-4-5-21(13-22)20-47)42-25-14-27-32(41-24-7-8-30(38)28(36)15-24)23(17-39)18-40-34(27)29(37)16-25/h4-8,13-16,18-20,26,33,42-44H,9-12H2,1-3H3,(H,40,41)/t33-/m0/s1. The van der Waals surface area contributed by atoms with E-state index in [0.29, 0.717) is 44.6 Å². The van der Waals surface area contributed by atoms with Crippen LogP contribution in [0.1, 0.15) is 61.1 Å². The Kier molecular flexibility index (Phi) is 9.26. The number of aldehydes is 1. The molecule has 1 atom stereocenters. The molecule has 0 saturated carbocycles. The molecule has 1 saturated heterocycles. The Bertz CT molecular complexity index is 1900. The van der Waals surface area contributed by atoms with Crippen LogP contribution in [-0.2, 0) is 0 Å². The molecule has 0 spiro atoms. The zero-order valence-electron chi connectivity index (χ0n) is 26.2. The van der Waals surface area contributed by atoms with E-state index >= 15 is 0 Å². The molecule has 6 rings (SSSR count). The van der Waals surface area contributed by atoms with Gasteiger partial charge in [-0.05, 0) is 75.6 Å². The summed E-state index contributed by atoms with van der Waals surface area (Å²) < 4.78 is 13.9. The SMILES string of the molecule is CC(C)(C)N1CCC(N2C=C([C@@H](Nc3cc(Cl)c4ncc(C#N)c(Nc5ccc(F)c(Cl)c5)c4c3)c3cccc(C=O)c3)NN2)CC1. The number of nitrogens with zero attached hydrogens (tertiary/aromatic N) is 4. The highest BCUT2D eigenvalue weighted by molar-refractivity contribution is 6.36. The first-order valence-electron chi connectivity index (χ1n) is 15.4. The maximum Gasteiger partial charge on any atom is 0.150 e. The van der Waals surface area contributed by atoms with Crippen molar-refractivity contribution in [2.45, 2.75) is 51.2 Å². The van der Waals surface area contributed by atoms with Gasteiger partial charge < -0.3 is 16.1 Å². The molecule has 0 radical (unpaired) electrons. The lowest BCUT2D eigenvalue weighted by molar-refractivity contribution is 0.0570. The number of fused-ring (bicyclic) bond motifs is 1. The van der Waals surface area contributed by atoms with Crippen molar-refractivity contribution >= 4 is 57.5 Å². The highest BCUT2D eigenvalue weighted by Crippen LogP contribution is 2.37. The van der Waals surface area contributed by atoms with E-state index in [9.17, 15) is 14.4 Å². The zero-order chi connectivity index (χ0) is 33.3. The number of aromatic nitrogens is 1. The molecule has 0 amide bonds. The second kappa shape index (κ2) is 13.4. The largest absolute Gasteiger partial charge is 0.373 e. The highest BCUT2D eigenvalue weighted by atomic mass is 35.5. The minimum Gasteiger partial charge on any atom is -0.373 e. The van der Waals surface area contributed by atoms with Gasteiger partial charge in [-0.3, -0.25) is 19.7 Å². The molecule has 4 N–H and O–H groups in total. The Morgan fingerprint density at radius 3 is 2.55 bits per heavy atom. The fourth-order valence-electron chi connectivity index (χ4n) is 6.10. The van der Waals surface area contributed by atoms with Crippen LogP contribution >= 0.6 is 23.2 Å². The molecule has 12 heteroatoms. The van der Waals surface area contributed by atoms with Crippen LogP contribution in [0.15, 0.2) is 72.7 Å². The van der Waals surface area contributed by atoms with Gasteiger partial charge in [0.15, 0.2) is 0 Å². The van der Waals surface area contributed by atoms with Crippen LogP contribution in [0.3, 0.4) is 0 Å². The minimum absolute atomic E-state index is 0.0487. The van der Waals surface area contributed by atoms with Crippen LogP contribution in [0, 0.1) is 17.1 Å². The normalized spacial score (nSPS) is 16.4. The molecular weight excluding hydrogens is 638 g/mol. The number of hydrogen-bond donors (Lipinski definition) is 4. The molecule has 2 aliphatic rings. The summed E-state index contributed by atoms with van der Waals surface area (Å²) in [7, 11) is 0.